The summed E-state index contributed by atoms with van der Waals surface area (Å²) in [6.45, 7) is 0. The van der Waals surface area contributed by atoms with E-state index in [-0.39, 0.29) is 22.8 Å². The number of oxazole rings is 1. The molecule has 10 heteroatoms. The first-order chi connectivity index (χ1) is 13.8. The average molecular weight is 393 g/mol. The number of anilines is 2. The van der Waals surface area contributed by atoms with Crippen molar-refractivity contribution >= 4 is 33.9 Å². The van der Waals surface area contributed by atoms with Crippen LogP contribution in [-0.4, -0.2) is 24.8 Å². The number of aryl methyl sites for hydroxylation is 2. The minimum Gasteiger partial charge on any atom is -0.408 e. The SMILES string of the molecule is Cn1ccnc1C(=O)c1ccc(Nc2ccc3c(c2)oc(=O)n3C)c([N+](=O)[O-])c1. The molecule has 4 aromatic rings. The third-order valence-electron chi connectivity index (χ3n) is 4.55. The summed E-state index contributed by atoms with van der Waals surface area (Å²) in [6, 6.07) is 9.09. The molecule has 0 atom stereocenters. The van der Waals surface area contributed by atoms with Crippen LogP contribution in [0.4, 0.5) is 17.1 Å². The number of carbonyl (C=O) groups is 1. The molecule has 0 aliphatic rings. The Morgan fingerprint density at radius 1 is 1.21 bits per heavy atom. The summed E-state index contributed by atoms with van der Waals surface area (Å²) in [6.07, 6.45) is 3.10. The Morgan fingerprint density at radius 2 is 2.00 bits per heavy atom. The molecule has 146 valence electrons. The van der Waals surface area contributed by atoms with Gasteiger partial charge in [-0.05, 0) is 24.3 Å². The second-order valence-electron chi connectivity index (χ2n) is 6.41. The van der Waals surface area contributed by atoms with Crippen LogP contribution in [0.5, 0.6) is 0 Å². The highest BCUT2D eigenvalue weighted by Gasteiger charge is 2.21. The Kier molecular flexibility index (Phi) is 4.23. The number of rotatable bonds is 5. The van der Waals surface area contributed by atoms with Gasteiger partial charge in [-0.15, -0.1) is 0 Å². The Bertz CT molecular complexity index is 1330. The molecule has 4 rings (SSSR count). The number of ketones is 1. The molecule has 0 unspecified atom stereocenters. The molecule has 0 bridgehead atoms. The van der Waals surface area contributed by atoms with Crippen LogP contribution >= 0.6 is 0 Å². The third kappa shape index (κ3) is 3.16. The first-order valence-corrected chi connectivity index (χ1v) is 8.52. The Morgan fingerprint density at radius 3 is 2.69 bits per heavy atom. The monoisotopic (exact) mass is 393 g/mol. The van der Waals surface area contributed by atoms with Gasteiger partial charge < -0.3 is 14.3 Å². The molecule has 29 heavy (non-hydrogen) atoms. The van der Waals surface area contributed by atoms with Gasteiger partial charge in [-0.1, -0.05) is 0 Å². The normalized spacial score (nSPS) is 11.0. The van der Waals surface area contributed by atoms with Crippen LogP contribution in [-0.2, 0) is 14.1 Å². The number of hydrogen-bond donors (Lipinski definition) is 1. The van der Waals surface area contributed by atoms with Crippen LogP contribution in [0.3, 0.4) is 0 Å². The molecule has 1 N–H and O–H groups in total. The molecule has 2 aromatic carbocycles. The highest BCUT2D eigenvalue weighted by atomic mass is 16.6. The van der Waals surface area contributed by atoms with Crippen LogP contribution in [0.15, 0.2) is 58.0 Å². The number of nitrogens with one attached hydrogen (secondary N) is 1. The standard InChI is InChI=1S/C19H15N5O5/c1-22-8-7-20-18(22)17(25)11-3-5-13(15(9-11)24(27)28)21-12-4-6-14-16(10-12)29-19(26)23(14)2/h3-10,21H,1-2H3. The summed E-state index contributed by atoms with van der Waals surface area (Å²) in [5, 5.41) is 14.5. The molecule has 10 nitrogen and oxygen atoms in total. The molecular formula is C19H15N5O5. The first-order valence-electron chi connectivity index (χ1n) is 8.52. The van der Waals surface area contributed by atoms with Crippen molar-refractivity contribution in [2.24, 2.45) is 14.1 Å². The van der Waals surface area contributed by atoms with E-state index in [1.54, 1.807) is 43.1 Å². The number of nitrogens with zero attached hydrogens (tertiary/aromatic N) is 4. The number of fused-ring (bicyclic) bond motifs is 1. The van der Waals surface area contributed by atoms with E-state index < -0.39 is 16.5 Å². The summed E-state index contributed by atoms with van der Waals surface area (Å²) < 4.78 is 8.04. The molecule has 0 fully saturated rings. The third-order valence-corrected chi connectivity index (χ3v) is 4.55. The van der Waals surface area contributed by atoms with Crippen molar-refractivity contribution in [1.29, 1.82) is 0 Å². The van der Waals surface area contributed by atoms with Crippen molar-refractivity contribution in [3.05, 3.63) is 80.8 Å². The lowest BCUT2D eigenvalue weighted by atomic mass is 10.1. The maximum absolute atomic E-state index is 12.6. The van der Waals surface area contributed by atoms with E-state index in [4.69, 9.17) is 4.42 Å². The van der Waals surface area contributed by atoms with Gasteiger partial charge in [0.15, 0.2) is 11.4 Å². The fourth-order valence-electron chi connectivity index (χ4n) is 3.01. The summed E-state index contributed by atoms with van der Waals surface area (Å²) in [7, 11) is 3.26. The maximum atomic E-state index is 12.6. The van der Waals surface area contributed by atoms with Crippen LogP contribution < -0.4 is 11.1 Å². The minimum atomic E-state index is -0.571. The lowest BCUT2D eigenvalue weighted by Gasteiger charge is -2.09. The van der Waals surface area contributed by atoms with Gasteiger partial charge in [0.05, 0.1) is 10.4 Å². The van der Waals surface area contributed by atoms with Crippen molar-refractivity contribution in [2.75, 3.05) is 5.32 Å². The van der Waals surface area contributed by atoms with Gasteiger partial charge in [-0.3, -0.25) is 19.5 Å². The molecule has 0 amide bonds. The van der Waals surface area contributed by atoms with Crippen LogP contribution in [0, 0.1) is 10.1 Å². The molecule has 2 heterocycles. The van der Waals surface area contributed by atoms with E-state index in [1.165, 1.54) is 29.0 Å². The number of aromatic nitrogens is 3. The number of carbonyl (C=O) groups excluding carboxylic acids is 1. The second-order valence-corrected chi connectivity index (χ2v) is 6.41. The highest BCUT2D eigenvalue weighted by Crippen LogP contribution is 2.30. The zero-order valence-corrected chi connectivity index (χ0v) is 15.4. The van der Waals surface area contributed by atoms with E-state index in [1.807, 2.05) is 0 Å². The summed E-state index contributed by atoms with van der Waals surface area (Å²) in [4.78, 5) is 39.2. The number of benzene rings is 2. The summed E-state index contributed by atoms with van der Waals surface area (Å²) in [5.74, 6) is -0.732. The Balaban J connectivity index is 1.70. The molecule has 0 aliphatic heterocycles. The number of hydrogen-bond acceptors (Lipinski definition) is 7. The van der Waals surface area contributed by atoms with Crippen molar-refractivity contribution < 1.29 is 14.1 Å². The van der Waals surface area contributed by atoms with Gasteiger partial charge in [-0.2, -0.15) is 0 Å². The molecular weight excluding hydrogens is 378 g/mol. The zero-order chi connectivity index (χ0) is 20.7. The lowest BCUT2D eigenvalue weighted by Crippen LogP contribution is -2.09. The zero-order valence-electron chi connectivity index (χ0n) is 15.4. The molecule has 2 aromatic heterocycles. The molecule has 0 aliphatic carbocycles. The van der Waals surface area contributed by atoms with Gasteiger partial charge in [0, 0.05) is 49.9 Å². The van der Waals surface area contributed by atoms with Gasteiger partial charge >= 0.3 is 5.76 Å². The van der Waals surface area contributed by atoms with Crippen molar-refractivity contribution in [1.82, 2.24) is 14.1 Å². The fourth-order valence-corrected chi connectivity index (χ4v) is 3.01. The predicted octanol–water partition coefficient (Wildman–Crippen LogP) is 2.75. The van der Waals surface area contributed by atoms with Crippen molar-refractivity contribution in [3.63, 3.8) is 0 Å². The number of imidazole rings is 1. The van der Waals surface area contributed by atoms with E-state index in [0.717, 1.165) is 0 Å². The highest BCUT2D eigenvalue weighted by molar-refractivity contribution is 6.07. The topological polar surface area (TPSA) is 125 Å². The van der Waals surface area contributed by atoms with Gasteiger partial charge in [-0.25, -0.2) is 9.78 Å². The van der Waals surface area contributed by atoms with E-state index in [9.17, 15) is 19.7 Å². The van der Waals surface area contributed by atoms with Gasteiger partial charge in [0.25, 0.3) is 5.69 Å². The molecule has 0 saturated carbocycles. The maximum Gasteiger partial charge on any atom is 0.419 e. The Hall–Kier alpha value is -4.21. The minimum absolute atomic E-state index is 0.154. The smallest absolute Gasteiger partial charge is 0.408 e. The quantitative estimate of drug-likeness (QED) is 0.314. The summed E-state index contributed by atoms with van der Waals surface area (Å²) >= 11 is 0. The number of nitro benzene ring substituents is 1. The fraction of sp³-hybridized carbons (Fsp3) is 0.105. The lowest BCUT2D eigenvalue weighted by molar-refractivity contribution is -0.383. The van der Waals surface area contributed by atoms with Crippen LogP contribution in [0.2, 0.25) is 0 Å². The number of nitro groups is 1. The summed E-state index contributed by atoms with van der Waals surface area (Å²) in [5.41, 5.74) is 1.54. The van der Waals surface area contributed by atoms with Gasteiger partial charge in [0.1, 0.15) is 5.69 Å². The van der Waals surface area contributed by atoms with Crippen molar-refractivity contribution in [2.45, 2.75) is 0 Å². The van der Waals surface area contributed by atoms with Gasteiger partial charge in [0.2, 0.25) is 5.78 Å². The molecule has 0 radical (unpaired) electrons. The largest absolute Gasteiger partial charge is 0.419 e. The van der Waals surface area contributed by atoms with E-state index in [2.05, 4.69) is 10.3 Å². The first kappa shape index (κ1) is 18.2. The Labute approximate surface area is 163 Å². The van der Waals surface area contributed by atoms with E-state index >= 15 is 0 Å². The van der Waals surface area contributed by atoms with Crippen LogP contribution in [0.25, 0.3) is 11.1 Å². The molecule has 0 saturated heterocycles. The molecule has 0 spiro atoms. The average Bonchev–Trinajstić information content (AvgIpc) is 3.24. The predicted molar refractivity (Wildman–Crippen MR) is 104 cm³/mol. The van der Waals surface area contributed by atoms with E-state index in [0.29, 0.717) is 16.8 Å². The van der Waals surface area contributed by atoms with Crippen molar-refractivity contribution in [3.8, 4) is 0 Å². The second kappa shape index (κ2) is 6.75. The van der Waals surface area contributed by atoms with Crippen LogP contribution in [0.1, 0.15) is 16.2 Å².